The average Bonchev–Trinajstić information content (AvgIpc) is 3.12. The van der Waals surface area contributed by atoms with Gasteiger partial charge in [0, 0.05) is 22.9 Å². The molecule has 6 aromatic rings. The van der Waals surface area contributed by atoms with Crippen molar-refractivity contribution in [1.29, 1.82) is 0 Å². The summed E-state index contributed by atoms with van der Waals surface area (Å²) in [6.07, 6.45) is 0. The van der Waals surface area contributed by atoms with E-state index in [1.807, 2.05) is 48.5 Å². The fourth-order valence-corrected chi connectivity index (χ4v) is 5.64. The standard InChI is InChI=1S/C34H30N6O9/c41-39(42)29-9-11-31(33-25(29)21-23-5-1-3-7-27(23)35-33)37-38(49-20-18-47-16-14-45-13-15-46-17-19-48-37)32-12-10-30(40(43)44)26-22-24-6-2-4-8-28(24)36-34(26)32/h1-12,21-22H,13-20H2. The number of hydrogen-bond donors (Lipinski definition) is 0. The third-order valence-electron chi connectivity index (χ3n) is 7.88. The molecular weight excluding hydrogens is 636 g/mol. The van der Waals surface area contributed by atoms with Crippen LogP contribution in [0.5, 0.6) is 0 Å². The first-order chi connectivity index (χ1) is 24.0. The molecule has 0 bridgehead atoms. The van der Waals surface area contributed by atoms with Crippen LogP contribution in [0.1, 0.15) is 0 Å². The molecule has 2 aromatic heterocycles. The Kier molecular flexibility index (Phi) is 9.31. The number of nitrogens with zero attached hydrogens (tertiary/aromatic N) is 6. The smallest absolute Gasteiger partial charge is 0.278 e. The average molecular weight is 667 g/mol. The monoisotopic (exact) mass is 666 g/mol. The summed E-state index contributed by atoms with van der Waals surface area (Å²) in [7, 11) is 0. The van der Waals surface area contributed by atoms with Crippen molar-refractivity contribution < 1.29 is 33.7 Å². The molecule has 49 heavy (non-hydrogen) atoms. The number of ether oxygens (including phenoxy) is 3. The van der Waals surface area contributed by atoms with Gasteiger partial charge in [0.1, 0.15) is 35.6 Å². The minimum absolute atomic E-state index is 0.0176. The molecule has 15 heteroatoms. The van der Waals surface area contributed by atoms with Gasteiger partial charge in [-0.1, -0.05) is 36.4 Å². The molecule has 0 spiro atoms. The zero-order chi connectivity index (χ0) is 33.7. The van der Waals surface area contributed by atoms with Crippen molar-refractivity contribution in [3.63, 3.8) is 0 Å². The number of nitro benzene ring substituents is 2. The van der Waals surface area contributed by atoms with Crippen LogP contribution < -0.4 is 10.3 Å². The lowest BCUT2D eigenvalue weighted by molar-refractivity contribution is -0.383. The molecular formula is C34H30N6O9. The van der Waals surface area contributed by atoms with E-state index < -0.39 is 9.85 Å². The summed E-state index contributed by atoms with van der Waals surface area (Å²) in [5.41, 5.74) is 2.03. The number of aromatic nitrogens is 2. The van der Waals surface area contributed by atoms with Crippen LogP contribution in [0.3, 0.4) is 0 Å². The second-order valence-corrected chi connectivity index (χ2v) is 10.9. The van der Waals surface area contributed by atoms with Crippen molar-refractivity contribution in [3.8, 4) is 0 Å². The van der Waals surface area contributed by atoms with E-state index in [0.29, 0.717) is 59.6 Å². The topological polar surface area (TPSA) is 165 Å². The van der Waals surface area contributed by atoms with Gasteiger partial charge in [0.05, 0.1) is 71.3 Å². The van der Waals surface area contributed by atoms with Gasteiger partial charge in [-0.2, -0.15) is 0 Å². The highest BCUT2D eigenvalue weighted by Gasteiger charge is 2.29. The highest BCUT2D eigenvalue weighted by atomic mass is 16.8. The highest BCUT2D eigenvalue weighted by Crippen LogP contribution is 2.40. The minimum atomic E-state index is -0.463. The molecule has 4 aromatic carbocycles. The Morgan fingerprint density at radius 1 is 0.531 bits per heavy atom. The molecule has 1 saturated heterocycles. The number of rotatable bonds is 4. The maximum Gasteiger partial charge on any atom is 0.278 e. The first kappa shape index (κ1) is 32.0. The number of fused-ring (bicyclic) bond motifs is 4. The van der Waals surface area contributed by atoms with Gasteiger partial charge < -0.3 is 14.2 Å². The first-order valence-electron chi connectivity index (χ1n) is 15.5. The van der Waals surface area contributed by atoms with Crippen molar-refractivity contribution in [2.24, 2.45) is 0 Å². The van der Waals surface area contributed by atoms with Gasteiger partial charge in [0.2, 0.25) is 0 Å². The van der Waals surface area contributed by atoms with Crippen LogP contribution >= 0.6 is 0 Å². The van der Waals surface area contributed by atoms with E-state index >= 15 is 0 Å². The van der Waals surface area contributed by atoms with E-state index in [1.54, 1.807) is 12.1 Å². The van der Waals surface area contributed by atoms with Crippen LogP contribution in [-0.4, -0.2) is 72.7 Å². The number of anilines is 2. The van der Waals surface area contributed by atoms with Gasteiger partial charge in [0.15, 0.2) is 0 Å². The minimum Gasteiger partial charge on any atom is -0.377 e. The number of nitro groups is 2. The predicted octanol–water partition coefficient (Wildman–Crippen LogP) is 6.06. The molecule has 3 heterocycles. The SMILES string of the molecule is O=[N+]([O-])c1ccc(N2OCCOCCOCCOCCON2c2ccc([N+](=O)[O-])c3cc4ccccc4nc23)c2nc3ccccc3cc12. The van der Waals surface area contributed by atoms with Crippen LogP contribution in [-0.2, 0) is 23.9 Å². The number of non-ortho nitro benzene ring substituents is 2. The van der Waals surface area contributed by atoms with E-state index in [0.717, 1.165) is 0 Å². The summed E-state index contributed by atoms with van der Waals surface area (Å²) in [5, 5.41) is 29.0. The molecule has 0 N–H and O–H groups in total. The van der Waals surface area contributed by atoms with E-state index in [9.17, 15) is 20.2 Å². The lowest BCUT2D eigenvalue weighted by Crippen LogP contribution is -2.45. The molecule has 1 aliphatic rings. The van der Waals surface area contributed by atoms with Crippen LogP contribution in [0.15, 0.2) is 84.9 Å². The number of benzene rings is 4. The van der Waals surface area contributed by atoms with Crippen molar-refractivity contribution in [2.45, 2.75) is 0 Å². The second kappa shape index (κ2) is 14.3. The van der Waals surface area contributed by atoms with Gasteiger partial charge in [-0.15, -0.1) is 10.3 Å². The summed E-state index contributed by atoms with van der Waals surface area (Å²) >= 11 is 0. The first-order valence-corrected chi connectivity index (χ1v) is 15.5. The zero-order valence-corrected chi connectivity index (χ0v) is 26.1. The van der Waals surface area contributed by atoms with Gasteiger partial charge in [-0.3, -0.25) is 20.2 Å². The van der Waals surface area contributed by atoms with E-state index in [-0.39, 0.29) is 59.6 Å². The van der Waals surface area contributed by atoms with Gasteiger partial charge >= 0.3 is 0 Å². The third-order valence-corrected chi connectivity index (χ3v) is 7.88. The Bertz CT molecular complexity index is 2030. The number of hydrazine groups is 1. The molecule has 0 saturated carbocycles. The van der Waals surface area contributed by atoms with Crippen molar-refractivity contribution in [2.75, 3.05) is 63.2 Å². The number of pyridine rings is 2. The fraction of sp³-hybridized carbons (Fsp3) is 0.235. The maximum absolute atomic E-state index is 12.2. The van der Waals surface area contributed by atoms with E-state index in [1.165, 1.54) is 34.6 Å². The summed E-state index contributed by atoms with van der Waals surface area (Å²) < 4.78 is 17.0. The van der Waals surface area contributed by atoms with Crippen molar-refractivity contribution in [1.82, 2.24) is 9.97 Å². The third kappa shape index (κ3) is 6.61. The zero-order valence-electron chi connectivity index (χ0n) is 26.1. The normalized spacial score (nSPS) is 15.8. The van der Waals surface area contributed by atoms with Gasteiger partial charge in [-0.05, 0) is 36.4 Å². The molecule has 0 unspecified atom stereocenters. The van der Waals surface area contributed by atoms with Gasteiger partial charge in [-0.25, -0.2) is 19.6 Å². The molecule has 0 atom stereocenters. The lowest BCUT2D eigenvalue weighted by Gasteiger charge is -2.35. The largest absolute Gasteiger partial charge is 0.377 e. The molecule has 0 amide bonds. The fourth-order valence-electron chi connectivity index (χ4n) is 5.64. The van der Waals surface area contributed by atoms with Crippen molar-refractivity contribution >= 4 is 66.4 Å². The maximum atomic E-state index is 12.2. The molecule has 1 fully saturated rings. The van der Waals surface area contributed by atoms with E-state index in [2.05, 4.69) is 0 Å². The molecule has 15 nitrogen and oxygen atoms in total. The second-order valence-electron chi connectivity index (χ2n) is 10.9. The molecule has 0 aliphatic carbocycles. The van der Waals surface area contributed by atoms with Crippen LogP contribution in [0.2, 0.25) is 0 Å². The number of para-hydroxylation sites is 2. The Hall–Kier alpha value is -5.58. The number of hydrogen-bond acceptors (Lipinski definition) is 13. The summed E-state index contributed by atoms with van der Waals surface area (Å²) in [4.78, 5) is 45.9. The Morgan fingerprint density at radius 3 is 1.33 bits per heavy atom. The molecule has 0 radical (unpaired) electrons. The molecule has 1 aliphatic heterocycles. The summed E-state index contributed by atoms with van der Waals surface area (Å²) in [5.74, 6) is 0. The van der Waals surface area contributed by atoms with E-state index in [4.69, 9.17) is 33.9 Å². The van der Waals surface area contributed by atoms with Crippen LogP contribution in [0.25, 0.3) is 43.6 Å². The Morgan fingerprint density at radius 2 is 0.918 bits per heavy atom. The van der Waals surface area contributed by atoms with Crippen LogP contribution in [0.4, 0.5) is 22.7 Å². The van der Waals surface area contributed by atoms with Crippen molar-refractivity contribution in [3.05, 3.63) is 105 Å². The highest BCUT2D eigenvalue weighted by molar-refractivity contribution is 6.05. The lowest BCUT2D eigenvalue weighted by atomic mass is 10.1. The molecule has 250 valence electrons. The summed E-state index contributed by atoms with van der Waals surface area (Å²) in [6, 6.07) is 23.8. The quantitative estimate of drug-likeness (QED) is 0.121. The summed E-state index contributed by atoms with van der Waals surface area (Å²) in [6.45, 7) is 1.74. The molecule has 7 rings (SSSR count). The van der Waals surface area contributed by atoms with Gasteiger partial charge in [0.25, 0.3) is 11.4 Å². The predicted molar refractivity (Wildman–Crippen MR) is 181 cm³/mol. The van der Waals surface area contributed by atoms with Crippen LogP contribution in [0, 0.1) is 20.2 Å². The Labute approximate surface area is 278 Å². The Balaban J connectivity index is 1.46.